The van der Waals surface area contributed by atoms with Crippen molar-refractivity contribution < 1.29 is 4.39 Å². The van der Waals surface area contributed by atoms with Crippen LogP contribution in [0, 0.1) is 11.3 Å². The Morgan fingerprint density at radius 2 is 2.20 bits per heavy atom. The van der Waals surface area contributed by atoms with E-state index in [1.165, 1.54) is 0 Å². The molecule has 1 unspecified atom stereocenters. The topological polar surface area (TPSA) is 35.8 Å². The molecule has 3 heteroatoms. The molecule has 0 spiro atoms. The van der Waals surface area contributed by atoms with Crippen LogP contribution in [0.4, 0.5) is 4.39 Å². The van der Waals surface area contributed by atoms with Gasteiger partial charge in [0.05, 0.1) is 0 Å². The van der Waals surface area contributed by atoms with Crippen LogP contribution in [0.1, 0.15) is 19.3 Å². The Labute approximate surface area is 60.0 Å². The minimum absolute atomic E-state index is 0.337. The van der Waals surface area contributed by atoms with E-state index in [2.05, 4.69) is 5.32 Å². The molecular weight excluding hydrogens is 131 g/mol. The Morgan fingerprint density at radius 3 is 2.90 bits per heavy atom. The molecule has 10 heavy (non-hydrogen) atoms. The average Bonchev–Trinajstić information content (AvgIpc) is 2.15. The minimum Gasteiger partial charge on any atom is -0.317 e. The number of alkyl halides is 1. The summed E-state index contributed by atoms with van der Waals surface area (Å²) in [5, 5.41) is 11.5. The zero-order valence-electron chi connectivity index (χ0n) is 5.86. The highest BCUT2D eigenvalue weighted by atomic mass is 19.1. The summed E-state index contributed by atoms with van der Waals surface area (Å²) in [4.78, 5) is 0. The molecule has 1 fully saturated rings. The van der Waals surface area contributed by atoms with Crippen LogP contribution >= 0.6 is 0 Å². The van der Waals surface area contributed by atoms with Crippen LogP contribution in [0.5, 0.6) is 0 Å². The normalized spacial score (nSPS) is 34.4. The molecule has 0 radical (unpaired) electrons. The standard InChI is InChI=1S/C7H11FN2/c8-7(6-9)2-1-4-10-5-3-7/h10H,1-5H2. The molecular formula is C7H11FN2. The van der Waals surface area contributed by atoms with Gasteiger partial charge in [0, 0.05) is 6.42 Å². The van der Waals surface area contributed by atoms with E-state index in [0.717, 1.165) is 13.0 Å². The average molecular weight is 142 g/mol. The maximum absolute atomic E-state index is 13.2. The molecule has 0 bridgehead atoms. The van der Waals surface area contributed by atoms with Gasteiger partial charge in [0.15, 0.2) is 5.67 Å². The summed E-state index contributed by atoms with van der Waals surface area (Å²) in [7, 11) is 0. The highest BCUT2D eigenvalue weighted by Crippen LogP contribution is 2.22. The van der Waals surface area contributed by atoms with Crippen LogP contribution in [0.15, 0.2) is 0 Å². The Morgan fingerprint density at radius 1 is 1.40 bits per heavy atom. The SMILES string of the molecule is N#CC1(F)CCCNCC1. The van der Waals surface area contributed by atoms with Gasteiger partial charge in [0.2, 0.25) is 0 Å². The molecule has 1 rings (SSSR count). The van der Waals surface area contributed by atoms with E-state index in [0.29, 0.717) is 19.4 Å². The van der Waals surface area contributed by atoms with Crippen molar-refractivity contribution in [1.82, 2.24) is 5.32 Å². The monoisotopic (exact) mass is 142 g/mol. The zero-order chi connectivity index (χ0) is 7.45. The molecule has 0 saturated carbocycles. The summed E-state index contributed by atoms with van der Waals surface area (Å²) < 4.78 is 13.2. The van der Waals surface area contributed by atoms with Crippen LogP contribution in [-0.4, -0.2) is 18.8 Å². The van der Waals surface area contributed by atoms with Crippen molar-refractivity contribution in [2.45, 2.75) is 24.9 Å². The Kier molecular flexibility index (Phi) is 2.23. The molecule has 1 N–H and O–H groups in total. The molecule has 1 heterocycles. The highest BCUT2D eigenvalue weighted by Gasteiger charge is 2.29. The van der Waals surface area contributed by atoms with Crippen LogP contribution in [-0.2, 0) is 0 Å². The predicted molar refractivity (Wildman–Crippen MR) is 36.2 cm³/mol. The second kappa shape index (κ2) is 2.98. The first kappa shape index (κ1) is 7.49. The molecule has 0 aliphatic carbocycles. The first-order chi connectivity index (χ1) is 4.77. The van der Waals surface area contributed by atoms with E-state index in [-0.39, 0.29) is 0 Å². The maximum atomic E-state index is 13.2. The van der Waals surface area contributed by atoms with Crippen molar-refractivity contribution in [3.8, 4) is 6.07 Å². The third kappa shape index (κ3) is 1.68. The number of halogens is 1. The molecule has 0 aromatic rings. The van der Waals surface area contributed by atoms with E-state index in [4.69, 9.17) is 5.26 Å². The molecule has 1 aliphatic rings. The van der Waals surface area contributed by atoms with E-state index in [1.54, 1.807) is 6.07 Å². The number of hydrogen-bond acceptors (Lipinski definition) is 2. The lowest BCUT2D eigenvalue weighted by Crippen LogP contribution is -2.22. The largest absolute Gasteiger partial charge is 0.317 e. The van der Waals surface area contributed by atoms with E-state index in [1.807, 2.05) is 0 Å². The van der Waals surface area contributed by atoms with Gasteiger partial charge in [0.25, 0.3) is 0 Å². The number of nitrogens with one attached hydrogen (secondary N) is 1. The van der Waals surface area contributed by atoms with Crippen molar-refractivity contribution in [2.75, 3.05) is 13.1 Å². The summed E-state index contributed by atoms with van der Waals surface area (Å²) in [6.07, 6.45) is 1.49. The predicted octanol–water partition coefficient (Wildman–Crippen LogP) is 0.992. The van der Waals surface area contributed by atoms with Crippen molar-refractivity contribution in [2.24, 2.45) is 0 Å². The van der Waals surface area contributed by atoms with E-state index < -0.39 is 5.67 Å². The molecule has 1 atom stereocenters. The van der Waals surface area contributed by atoms with Gasteiger partial charge in [-0.05, 0) is 25.9 Å². The van der Waals surface area contributed by atoms with Crippen molar-refractivity contribution in [1.29, 1.82) is 5.26 Å². The lowest BCUT2D eigenvalue weighted by Gasteiger charge is -2.11. The highest BCUT2D eigenvalue weighted by molar-refractivity contribution is 5.01. The second-order valence-corrected chi connectivity index (χ2v) is 2.68. The third-order valence-corrected chi connectivity index (χ3v) is 1.83. The summed E-state index contributed by atoms with van der Waals surface area (Å²) >= 11 is 0. The van der Waals surface area contributed by atoms with Crippen LogP contribution in [0.25, 0.3) is 0 Å². The molecule has 2 nitrogen and oxygen atoms in total. The Bertz CT molecular complexity index is 142. The maximum Gasteiger partial charge on any atom is 0.197 e. The smallest absolute Gasteiger partial charge is 0.197 e. The lowest BCUT2D eigenvalue weighted by atomic mass is 9.99. The summed E-state index contributed by atoms with van der Waals surface area (Å²) in [6, 6.07) is 1.71. The molecule has 0 aromatic heterocycles. The fraction of sp³-hybridized carbons (Fsp3) is 0.857. The number of nitrogens with zero attached hydrogens (tertiary/aromatic N) is 1. The minimum atomic E-state index is -1.55. The number of nitriles is 1. The third-order valence-electron chi connectivity index (χ3n) is 1.83. The van der Waals surface area contributed by atoms with Gasteiger partial charge in [-0.3, -0.25) is 0 Å². The molecule has 1 aliphatic heterocycles. The number of rotatable bonds is 0. The van der Waals surface area contributed by atoms with E-state index >= 15 is 0 Å². The van der Waals surface area contributed by atoms with Gasteiger partial charge in [-0.2, -0.15) is 5.26 Å². The second-order valence-electron chi connectivity index (χ2n) is 2.68. The van der Waals surface area contributed by atoms with Crippen LogP contribution < -0.4 is 5.32 Å². The fourth-order valence-corrected chi connectivity index (χ4v) is 1.14. The summed E-state index contributed by atoms with van der Waals surface area (Å²) in [5.74, 6) is 0. The van der Waals surface area contributed by atoms with Crippen LogP contribution in [0.3, 0.4) is 0 Å². The van der Waals surface area contributed by atoms with Crippen molar-refractivity contribution in [3.63, 3.8) is 0 Å². The van der Waals surface area contributed by atoms with Gasteiger partial charge in [-0.1, -0.05) is 0 Å². The van der Waals surface area contributed by atoms with Crippen LogP contribution in [0.2, 0.25) is 0 Å². The fourth-order valence-electron chi connectivity index (χ4n) is 1.14. The van der Waals surface area contributed by atoms with Crippen molar-refractivity contribution in [3.05, 3.63) is 0 Å². The zero-order valence-corrected chi connectivity index (χ0v) is 5.86. The van der Waals surface area contributed by atoms with Gasteiger partial charge in [-0.25, -0.2) is 4.39 Å². The van der Waals surface area contributed by atoms with Crippen molar-refractivity contribution >= 4 is 0 Å². The molecule has 0 aromatic carbocycles. The Balaban J connectivity index is 2.51. The molecule has 56 valence electrons. The van der Waals surface area contributed by atoms with E-state index in [9.17, 15) is 4.39 Å². The molecule has 1 saturated heterocycles. The summed E-state index contributed by atoms with van der Waals surface area (Å²) in [6.45, 7) is 1.47. The number of hydrogen-bond donors (Lipinski definition) is 1. The molecule has 0 amide bonds. The van der Waals surface area contributed by atoms with Gasteiger partial charge in [-0.15, -0.1) is 0 Å². The Hall–Kier alpha value is -0.620. The first-order valence-electron chi connectivity index (χ1n) is 3.58. The van der Waals surface area contributed by atoms with Gasteiger partial charge in [0.1, 0.15) is 6.07 Å². The quantitative estimate of drug-likeness (QED) is 0.547. The summed E-state index contributed by atoms with van der Waals surface area (Å²) in [5.41, 5.74) is -1.55. The first-order valence-corrected chi connectivity index (χ1v) is 3.58. The lowest BCUT2D eigenvalue weighted by molar-refractivity contribution is 0.217. The van der Waals surface area contributed by atoms with Gasteiger partial charge < -0.3 is 5.32 Å². The van der Waals surface area contributed by atoms with Gasteiger partial charge >= 0.3 is 0 Å².